The van der Waals surface area contributed by atoms with Crippen molar-refractivity contribution in [1.29, 1.82) is 0 Å². The predicted octanol–water partition coefficient (Wildman–Crippen LogP) is 5.43. The van der Waals surface area contributed by atoms with Crippen molar-refractivity contribution in [3.63, 3.8) is 0 Å². The van der Waals surface area contributed by atoms with Gasteiger partial charge < -0.3 is 4.74 Å². The Hall–Kier alpha value is -3.05. The molecule has 0 aliphatic rings. The first-order chi connectivity index (χ1) is 12.3. The summed E-state index contributed by atoms with van der Waals surface area (Å²) in [5.41, 5.74) is 1.51. The lowest BCUT2D eigenvalue weighted by atomic mass is 10.1. The molecule has 0 radical (unpaired) electrons. The van der Waals surface area contributed by atoms with Gasteiger partial charge in [0.2, 0.25) is 0 Å². The Morgan fingerprint density at radius 1 is 1.27 bits per heavy atom. The number of aromatic nitrogens is 1. The third kappa shape index (κ3) is 3.63. The van der Waals surface area contributed by atoms with Crippen LogP contribution in [0.15, 0.2) is 36.4 Å². The van der Waals surface area contributed by atoms with Crippen LogP contribution in [0.1, 0.15) is 11.1 Å². The van der Waals surface area contributed by atoms with E-state index in [-0.39, 0.29) is 5.52 Å². The van der Waals surface area contributed by atoms with Gasteiger partial charge in [-0.2, -0.15) is 13.2 Å². The maximum Gasteiger partial charge on any atom is 0.425 e. The largest absolute Gasteiger partial charge is 0.425 e. The lowest BCUT2D eigenvalue weighted by Crippen LogP contribution is -2.10. The Bertz CT molecular complexity index is 1040. The fraction of sp³-hybridized carbons (Fsp3) is 0.111. The minimum atomic E-state index is -4.42. The first-order valence-corrected chi connectivity index (χ1v) is 8.12. The number of carbonyl (C=O) groups excluding carboxylic acids is 1. The van der Waals surface area contributed by atoms with Gasteiger partial charge in [0.15, 0.2) is 0 Å². The molecule has 0 aliphatic carbocycles. The quantitative estimate of drug-likeness (QED) is 0.607. The fourth-order valence-corrected chi connectivity index (χ4v) is 3.37. The lowest BCUT2D eigenvalue weighted by Gasteiger charge is -2.07. The van der Waals surface area contributed by atoms with Crippen molar-refractivity contribution >= 4 is 33.3 Å². The van der Waals surface area contributed by atoms with E-state index < -0.39 is 17.8 Å². The molecule has 3 aromatic rings. The zero-order valence-corrected chi connectivity index (χ0v) is 14.2. The maximum absolute atomic E-state index is 12.9. The van der Waals surface area contributed by atoms with Crippen molar-refractivity contribution in [3.05, 3.63) is 47.5 Å². The molecule has 3 rings (SSSR count). The molecule has 0 fully saturated rings. The molecule has 1 aromatic heterocycles. The maximum atomic E-state index is 12.9. The summed E-state index contributed by atoms with van der Waals surface area (Å²) in [4.78, 5) is 15.7. The molecule has 0 saturated heterocycles. The number of nitrogens with one attached hydrogen (secondary N) is 1. The number of benzene rings is 2. The number of aryl methyl sites for hydroxylation is 1. The second-order valence-corrected chi connectivity index (χ2v) is 6.39. The van der Waals surface area contributed by atoms with Gasteiger partial charge >= 0.3 is 12.3 Å². The number of terminal acetylenes is 1. The SMILES string of the molecule is C#COC(=O)Nc1ccc(C)c(-c2nc3cc(C(F)(F)F)ccc3s2)c1. The average Bonchev–Trinajstić information content (AvgIpc) is 2.99. The highest BCUT2D eigenvalue weighted by atomic mass is 32.1. The summed E-state index contributed by atoms with van der Waals surface area (Å²) in [7, 11) is 0. The molecule has 1 heterocycles. The van der Waals surface area contributed by atoms with Crippen LogP contribution in [0.3, 0.4) is 0 Å². The van der Waals surface area contributed by atoms with Gasteiger partial charge in [-0.25, -0.2) is 9.78 Å². The molecule has 0 saturated carbocycles. The second kappa shape index (κ2) is 6.69. The van der Waals surface area contributed by atoms with Gasteiger partial charge in [0.25, 0.3) is 0 Å². The number of alkyl halides is 3. The van der Waals surface area contributed by atoms with E-state index in [9.17, 15) is 18.0 Å². The summed E-state index contributed by atoms with van der Waals surface area (Å²) in [5, 5.41) is 3.01. The average molecular weight is 376 g/mol. The minimum absolute atomic E-state index is 0.268. The van der Waals surface area contributed by atoms with Gasteiger partial charge in [0.1, 0.15) is 11.1 Å². The highest BCUT2D eigenvalue weighted by Gasteiger charge is 2.30. The molecule has 0 atom stereocenters. The first-order valence-electron chi connectivity index (χ1n) is 7.30. The van der Waals surface area contributed by atoms with Crippen LogP contribution in [-0.4, -0.2) is 11.1 Å². The number of hydrogen-bond acceptors (Lipinski definition) is 4. The summed E-state index contributed by atoms with van der Waals surface area (Å²) in [6, 6.07) is 8.54. The topological polar surface area (TPSA) is 51.2 Å². The summed E-state index contributed by atoms with van der Waals surface area (Å²) in [5.74, 6) is 0. The first kappa shape index (κ1) is 17.8. The van der Waals surface area contributed by atoms with E-state index in [1.165, 1.54) is 17.4 Å². The molecular weight excluding hydrogens is 365 g/mol. The van der Waals surface area contributed by atoms with Gasteiger partial charge in [-0.1, -0.05) is 12.5 Å². The molecule has 26 heavy (non-hydrogen) atoms. The molecule has 8 heteroatoms. The standard InChI is InChI=1S/C18H11F3N2O2S/c1-3-25-17(24)22-12-6-4-10(2)13(9-12)16-23-14-8-11(18(19,20)21)5-7-15(14)26-16/h1,4-9H,2H3,(H,22,24). The molecule has 0 unspecified atom stereocenters. The number of anilines is 1. The molecule has 0 aliphatic heterocycles. The summed E-state index contributed by atoms with van der Waals surface area (Å²) in [6.07, 6.45) is 1.43. The van der Waals surface area contributed by atoms with Crippen molar-refractivity contribution in [2.75, 3.05) is 5.32 Å². The normalized spacial score (nSPS) is 11.2. The Labute approximate surface area is 150 Å². The van der Waals surface area contributed by atoms with Crippen molar-refractivity contribution in [1.82, 2.24) is 4.98 Å². The molecule has 1 N–H and O–H groups in total. The molecule has 1 amide bonds. The van der Waals surface area contributed by atoms with Gasteiger partial charge in [-0.15, -0.1) is 11.3 Å². The number of halogens is 3. The van der Waals surface area contributed by atoms with Crippen LogP contribution in [0.25, 0.3) is 20.8 Å². The van der Waals surface area contributed by atoms with Crippen molar-refractivity contribution < 1.29 is 22.7 Å². The van der Waals surface area contributed by atoms with E-state index in [1.807, 2.05) is 6.92 Å². The van der Waals surface area contributed by atoms with Crippen LogP contribution in [0.5, 0.6) is 0 Å². The minimum Gasteiger partial charge on any atom is -0.356 e. The number of rotatable bonds is 2. The zero-order valence-electron chi connectivity index (χ0n) is 13.3. The van der Waals surface area contributed by atoms with Crippen LogP contribution < -0.4 is 5.32 Å². The number of hydrogen-bond donors (Lipinski definition) is 1. The van der Waals surface area contributed by atoms with Gasteiger partial charge in [-0.05, 0) is 42.8 Å². The number of fused-ring (bicyclic) bond motifs is 1. The number of amides is 1. The highest BCUT2D eigenvalue weighted by molar-refractivity contribution is 7.21. The number of ether oxygens (including phenoxy) is 1. The Kier molecular flexibility index (Phi) is 4.57. The van der Waals surface area contributed by atoms with Gasteiger partial charge in [0.05, 0.1) is 15.8 Å². The van der Waals surface area contributed by atoms with E-state index in [4.69, 9.17) is 6.42 Å². The van der Waals surface area contributed by atoms with Crippen LogP contribution in [0.4, 0.5) is 23.7 Å². The van der Waals surface area contributed by atoms with Gasteiger partial charge in [-0.3, -0.25) is 5.32 Å². The van der Waals surface area contributed by atoms with Crippen LogP contribution >= 0.6 is 11.3 Å². The Balaban J connectivity index is 2.00. The summed E-state index contributed by atoms with van der Waals surface area (Å²) < 4.78 is 43.6. The molecule has 0 bridgehead atoms. The van der Waals surface area contributed by atoms with Gasteiger partial charge in [0, 0.05) is 11.3 Å². The van der Waals surface area contributed by atoms with E-state index in [0.717, 1.165) is 17.7 Å². The third-order valence-electron chi connectivity index (χ3n) is 3.58. The van der Waals surface area contributed by atoms with Crippen LogP contribution in [-0.2, 0) is 10.9 Å². The monoisotopic (exact) mass is 376 g/mol. The van der Waals surface area contributed by atoms with Crippen molar-refractivity contribution in [2.45, 2.75) is 13.1 Å². The summed E-state index contributed by atoms with van der Waals surface area (Å²) >= 11 is 1.27. The fourth-order valence-electron chi connectivity index (χ4n) is 2.35. The van der Waals surface area contributed by atoms with Crippen molar-refractivity contribution in [2.24, 2.45) is 0 Å². The lowest BCUT2D eigenvalue weighted by molar-refractivity contribution is -0.137. The number of nitrogens with zero attached hydrogens (tertiary/aromatic N) is 1. The van der Waals surface area contributed by atoms with E-state index in [2.05, 4.69) is 15.0 Å². The van der Waals surface area contributed by atoms with Crippen LogP contribution in [0, 0.1) is 19.5 Å². The number of carbonyl (C=O) groups is 1. The Morgan fingerprint density at radius 2 is 2.04 bits per heavy atom. The van der Waals surface area contributed by atoms with E-state index in [1.54, 1.807) is 24.3 Å². The third-order valence-corrected chi connectivity index (χ3v) is 4.65. The predicted molar refractivity (Wildman–Crippen MR) is 93.7 cm³/mol. The zero-order chi connectivity index (χ0) is 18.9. The van der Waals surface area contributed by atoms with E-state index in [0.29, 0.717) is 21.0 Å². The van der Waals surface area contributed by atoms with Crippen LogP contribution in [0.2, 0.25) is 0 Å². The molecule has 132 valence electrons. The highest BCUT2D eigenvalue weighted by Crippen LogP contribution is 2.36. The Morgan fingerprint density at radius 3 is 2.73 bits per heavy atom. The molecular formula is C18H11F3N2O2S. The van der Waals surface area contributed by atoms with Crippen molar-refractivity contribution in [3.8, 4) is 23.1 Å². The smallest absolute Gasteiger partial charge is 0.356 e. The number of thiazole rings is 1. The second-order valence-electron chi connectivity index (χ2n) is 5.36. The molecule has 4 nitrogen and oxygen atoms in total. The molecule has 2 aromatic carbocycles. The molecule has 0 spiro atoms. The van der Waals surface area contributed by atoms with E-state index >= 15 is 0 Å². The summed E-state index contributed by atoms with van der Waals surface area (Å²) in [6.45, 7) is 1.84.